The molecule has 1 aliphatic rings. The van der Waals surface area contributed by atoms with Crippen molar-refractivity contribution in [2.75, 3.05) is 18.0 Å². The average molecular weight is 304 g/mol. The number of nitrogens with zero attached hydrogens (tertiary/aromatic N) is 4. The number of aromatic nitrogens is 3. The van der Waals surface area contributed by atoms with Gasteiger partial charge in [0.15, 0.2) is 0 Å². The maximum absolute atomic E-state index is 8.12. The Bertz CT molecular complexity index is 603. The second-order valence-electron chi connectivity index (χ2n) is 4.68. The van der Waals surface area contributed by atoms with Gasteiger partial charge in [-0.25, -0.2) is 15.0 Å². The molecule has 0 unspecified atom stereocenters. The summed E-state index contributed by atoms with van der Waals surface area (Å²) in [7, 11) is 0. The van der Waals surface area contributed by atoms with Crippen molar-refractivity contribution in [3.05, 3.63) is 30.4 Å². The Kier molecular flexibility index (Phi) is 5.62. The van der Waals surface area contributed by atoms with Gasteiger partial charge < -0.3 is 14.1 Å². The summed E-state index contributed by atoms with van der Waals surface area (Å²) in [5, 5.41) is 0. The van der Waals surface area contributed by atoms with E-state index in [2.05, 4.69) is 19.9 Å². The van der Waals surface area contributed by atoms with Gasteiger partial charge in [0, 0.05) is 37.8 Å². The van der Waals surface area contributed by atoms with Gasteiger partial charge in [-0.1, -0.05) is 0 Å². The zero-order chi connectivity index (χ0) is 15.8. The van der Waals surface area contributed by atoms with Crippen molar-refractivity contribution in [1.82, 2.24) is 15.0 Å². The zero-order valence-corrected chi connectivity index (χ0v) is 12.1. The first-order valence-corrected chi connectivity index (χ1v) is 6.83. The van der Waals surface area contributed by atoms with Crippen LogP contribution in [0.2, 0.25) is 0 Å². The van der Waals surface area contributed by atoms with Crippen molar-refractivity contribution >= 4 is 12.2 Å². The van der Waals surface area contributed by atoms with Crippen LogP contribution >= 0.6 is 0 Å². The lowest BCUT2D eigenvalue weighted by Gasteiger charge is -2.30. The third kappa shape index (κ3) is 4.39. The first kappa shape index (κ1) is 15.7. The lowest BCUT2D eigenvalue weighted by molar-refractivity contribution is -0.191. The number of hydrogen-bond donors (Lipinski definition) is 0. The minimum absolute atomic E-state index is 0.160. The SMILES string of the molecule is Cc1ccnc(OC2CCN(c3ncco3)CC2)n1.O=C=O. The number of hydrogen-bond acceptors (Lipinski definition) is 8. The molecular formula is C14H16N4O4. The molecule has 0 amide bonds. The van der Waals surface area contributed by atoms with Crippen molar-refractivity contribution in [3.8, 4) is 6.01 Å². The molecule has 8 heteroatoms. The van der Waals surface area contributed by atoms with E-state index in [4.69, 9.17) is 18.7 Å². The highest BCUT2D eigenvalue weighted by Crippen LogP contribution is 2.20. The van der Waals surface area contributed by atoms with E-state index in [0.29, 0.717) is 12.0 Å². The van der Waals surface area contributed by atoms with Crippen LogP contribution in [0.5, 0.6) is 6.01 Å². The fraction of sp³-hybridized carbons (Fsp3) is 0.429. The topological polar surface area (TPSA) is 98.4 Å². The molecule has 1 aliphatic heterocycles. The van der Waals surface area contributed by atoms with Gasteiger partial charge in [-0.15, -0.1) is 0 Å². The van der Waals surface area contributed by atoms with E-state index in [1.165, 1.54) is 0 Å². The molecule has 3 heterocycles. The van der Waals surface area contributed by atoms with Gasteiger partial charge in [-0.2, -0.15) is 9.59 Å². The first-order valence-electron chi connectivity index (χ1n) is 6.83. The molecule has 0 radical (unpaired) electrons. The van der Waals surface area contributed by atoms with E-state index < -0.39 is 0 Å². The maximum Gasteiger partial charge on any atom is 0.373 e. The van der Waals surface area contributed by atoms with Gasteiger partial charge in [0.25, 0.3) is 6.01 Å². The zero-order valence-electron chi connectivity index (χ0n) is 12.1. The Hall–Kier alpha value is -2.73. The Labute approximate surface area is 127 Å². The molecular weight excluding hydrogens is 288 g/mol. The molecule has 2 aromatic rings. The van der Waals surface area contributed by atoms with E-state index in [-0.39, 0.29) is 12.3 Å². The summed E-state index contributed by atoms with van der Waals surface area (Å²) in [6.07, 6.45) is 7.23. The summed E-state index contributed by atoms with van der Waals surface area (Å²) < 4.78 is 11.1. The van der Waals surface area contributed by atoms with E-state index in [9.17, 15) is 0 Å². The summed E-state index contributed by atoms with van der Waals surface area (Å²) in [6, 6.07) is 3.01. The third-order valence-electron chi connectivity index (χ3n) is 3.18. The number of aryl methyl sites for hydroxylation is 1. The number of ether oxygens (including phenoxy) is 1. The predicted molar refractivity (Wildman–Crippen MR) is 74.1 cm³/mol. The molecule has 0 saturated carbocycles. The van der Waals surface area contributed by atoms with Crippen LogP contribution in [0.3, 0.4) is 0 Å². The maximum atomic E-state index is 8.12. The predicted octanol–water partition coefficient (Wildman–Crippen LogP) is 1.24. The van der Waals surface area contributed by atoms with E-state index in [1.807, 2.05) is 13.0 Å². The second kappa shape index (κ2) is 7.90. The fourth-order valence-electron chi connectivity index (χ4n) is 2.17. The number of oxazole rings is 1. The average Bonchev–Trinajstić information content (AvgIpc) is 3.03. The number of carbonyl (C=O) groups excluding carboxylic acids is 2. The smallest absolute Gasteiger partial charge is 0.373 e. The summed E-state index contributed by atoms with van der Waals surface area (Å²) in [4.78, 5) is 30.9. The van der Waals surface area contributed by atoms with Gasteiger partial charge in [0.2, 0.25) is 0 Å². The number of piperidine rings is 1. The molecule has 0 atom stereocenters. The molecule has 1 saturated heterocycles. The minimum Gasteiger partial charge on any atom is -0.460 e. The van der Waals surface area contributed by atoms with Crippen LogP contribution < -0.4 is 9.64 Å². The molecule has 0 spiro atoms. The Morgan fingerprint density at radius 2 is 2.00 bits per heavy atom. The highest BCUT2D eigenvalue weighted by Gasteiger charge is 2.23. The second-order valence-corrected chi connectivity index (χ2v) is 4.68. The quantitative estimate of drug-likeness (QED) is 0.835. The molecule has 0 N–H and O–H groups in total. The van der Waals surface area contributed by atoms with Crippen molar-refractivity contribution in [2.45, 2.75) is 25.9 Å². The van der Waals surface area contributed by atoms with Crippen LogP contribution in [-0.4, -0.2) is 40.3 Å². The normalized spacial score (nSPS) is 14.7. The van der Waals surface area contributed by atoms with Crippen LogP contribution in [0.25, 0.3) is 0 Å². The summed E-state index contributed by atoms with van der Waals surface area (Å²) in [5.41, 5.74) is 0.919. The van der Waals surface area contributed by atoms with Crippen molar-refractivity contribution in [3.63, 3.8) is 0 Å². The molecule has 0 aliphatic carbocycles. The summed E-state index contributed by atoms with van der Waals surface area (Å²) >= 11 is 0. The van der Waals surface area contributed by atoms with Crippen molar-refractivity contribution < 1.29 is 18.7 Å². The number of rotatable bonds is 3. The van der Waals surface area contributed by atoms with Crippen LogP contribution in [0, 0.1) is 6.92 Å². The molecule has 22 heavy (non-hydrogen) atoms. The lowest BCUT2D eigenvalue weighted by Crippen LogP contribution is -2.38. The van der Waals surface area contributed by atoms with Crippen LogP contribution in [0.15, 0.2) is 29.1 Å². The molecule has 116 valence electrons. The van der Waals surface area contributed by atoms with E-state index in [0.717, 1.165) is 31.6 Å². The van der Waals surface area contributed by atoms with Crippen LogP contribution in [0.1, 0.15) is 18.5 Å². The van der Waals surface area contributed by atoms with Crippen LogP contribution in [0.4, 0.5) is 6.01 Å². The highest BCUT2D eigenvalue weighted by molar-refractivity contribution is 5.25. The molecule has 8 nitrogen and oxygen atoms in total. The monoisotopic (exact) mass is 304 g/mol. The van der Waals surface area contributed by atoms with Gasteiger partial charge in [0.1, 0.15) is 12.4 Å². The number of anilines is 1. The molecule has 0 aromatic carbocycles. The first-order chi connectivity index (χ1) is 10.7. The van der Waals surface area contributed by atoms with Crippen molar-refractivity contribution in [1.29, 1.82) is 0 Å². The standard InChI is InChI=1S/C13H16N4O2.CO2/c1-10-2-5-14-12(16-10)19-11-3-7-17(8-4-11)13-15-6-9-18-13;2-1-3/h2,5-6,9,11H,3-4,7-8H2,1H3;. The highest BCUT2D eigenvalue weighted by atomic mass is 16.5. The minimum atomic E-state index is 0.160. The fourth-order valence-corrected chi connectivity index (χ4v) is 2.17. The molecule has 1 fully saturated rings. The molecule has 2 aromatic heterocycles. The molecule has 0 bridgehead atoms. The Morgan fingerprint density at radius 3 is 2.59 bits per heavy atom. The summed E-state index contributed by atoms with van der Waals surface area (Å²) in [6.45, 7) is 3.67. The molecule has 3 rings (SSSR count). The Balaban J connectivity index is 0.000000545. The van der Waals surface area contributed by atoms with Crippen LogP contribution in [-0.2, 0) is 9.59 Å². The van der Waals surface area contributed by atoms with E-state index in [1.54, 1.807) is 18.7 Å². The van der Waals surface area contributed by atoms with Crippen molar-refractivity contribution in [2.24, 2.45) is 0 Å². The van der Waals surface area contributed by atoms with Gasteiger partial charge in [-0.3, -0.25) is 0 Å². The largest absolute Gasteiger partial charge is 0.460 e. The summed E-state index contributed by atoms with van der Waals surface area (Å²) in [5.74, 6) is 0. The third-order valence-corrected chi connectivity index (χ3v) is 3.18. The van der Waals surface area contributed by atoms with Gasteiger partial charge in [-0.05, 0) is 13.0 Å². The van der Waals surface area contributed by atoms with Gasteiger partial charge in [0.05, 0.1) is 6.20 Å². The van der Waals surface area contributed by atoms with E-state index >= 15 is 0 Å². The Morgan fingerprint density at radius 1 is 1.27 bits per heavy atom. The van der Waals surface area contributed by atoms with Gasteiger partial charge >= 0.3 is 12.2 Å². The lowest BCUT2D eigenvalue weighted by atomic mass is 10.1.